The minimum atomic E-state index is 0.186. The van der Waals surface area contributed by atoms with Crippen LogP contribution in [-0.4, -0.2) is 5.91 Å². The normalized spacial score (nSPS) is 25.1. The van der Waals surface area contributed by atoms with Crippen LogP contribution in [0.3, 0.4) is 0 Å². The van der Waals surface area contributed by atoms with Crippen LogP contribution in [0.25, 0.3) is 0 Å². The lowest BCUT2D eigenvalue weighted by Crippen LogP contribution is -2.24. The molecule has 0 aromatic heterocycles. The largest absolute Gasteiger partial charge is 0.326 e. The Balaban J connectivity index is 1.98. The number of hydrogen-bond acceptors (Lipinski definition) is 1. The number of para-hydroxylation sites is 1. The molecule has 0 spiro atoms. The molecule has 1 saturated carbocycles. The van der Waals surface area contributed by atoms with E-state index in [-0.39, 0.29) is 11.8 Å². The van der Waals surface area contributed by atoms with Crippen LogP contribution >= 0.6 is 0 Å². The highest BCUT2D eigenvalue weighted by atomic mass is 16.1. The first kappa shape index (κ1) is 10.2. The summed E-state index contributed by atoms with van der Waals surface area (Å²) in [7, 11) is 0. The van der Waals surface area contributed by atoms with Crippen LogP contribution in [0.2, 0.25) is 0 Å². The second-order valence-electron chi connectivity index (χ2n) is 4.37. The first-order valence-electron chi connectivity index (χ1n) is 5.63. The standard InChI is InChI=1S/C13H17NO/c1-10-6-5-9-12(10)13(15)14-11-7-3-2-4-8-11/h2-4,7-8,10,12H,5-6,9H2,1H3,(H,14,15). The summed E-state index contributed by atoms with van der Waals surface area (Å²) < 4.78 is 0. The number of hydrogen-bond donors (Lipinski definition) is 1. The highest BCUT2D eigenvalue weighted by molar-refractivity contribution is 5.92. The molecule has 0 aliphatic heterocycles. The van der Waals surface area contributed by atoms with Gasteiger partial charge in [-0.3, -0.25) is 4.79 Å². The number of benzene rings is 1. The molecule has 2 unspecified atom stereocenters. The lowest BCUT2D eigenvalue weighted by molar-refractivity contribution is -0.120. The topological polar surface area (TPSA) is 29.1 Å². The molecule has 15 heavy (non-hydrogen) atoms. The van der Waals surface area contributed by atoms with E-state index >= 15 is 0 Å². The number of carbonyl (C=O) groups is 1. The lowest BCUT2D eigenvalue weighted by atomic mass is 9.97. The minimum absolute atomic E-state index is 0.186. The SMILES string of the molecule is CC1CCCC1C(=O)Nc1ccccc1. The van der Waals surface area contributed by atoms with Crippen molar-refractivity contribution in [3.8, 4) is 0 Å². The highest BCUT2D eigenvalue weighted by Gasteiger charge is 2.29. The maximum absolute atomic E-state index is 11.9. The predicted molar refractivity (Wildman–Crippen MR) is 61.6 cm³/mol. The second kappa shape index (κ2) is 4.47. The molecule has 1 aromatic rings. The molecule has 1 aliphatic rings. The molecule has 2 nitrogen and oxygen atoms in total. The van der Waals surface area contributed by atoms with Crippen LogP contribution in [0.5, 0.6) is 0 Å². The smallest absolute Gasteiger partial charge is 0.227 e. The van der Waals surface area contributed by atoms with Crippen LogP contribution in [-0.2, 0) is 4.79 Å². The Kier molecular flexibility index (Phi) is 3.05. The van der Waals surface area contributed by atoms with E-state index in [0.29, 0.717) is 5.92 Å². The molecule has 1 aliphatic carbocycles. The molecular formula is C13H17NO. The van der Waals surface area contributed by atoms with Crippen LogP contribution in [0.15, 0.2) is 30.3 Å². The van der Waals surface area contributed by atoms with Gasteiger partial charge in [0.05, 0.1) is 0 Å². The van der Waals surface area contributed by atoms with Gasteiger partial charge >= 0.3 is 0 Å². The molecule has 1 amide bonds. The van der Waals surface area contributed by atoms with E-state index in [1.807, 2.05) is 30.3 Å². The van der Waals surface area contributed by atoms with E-state index in [0.717, 1.165) is 12.1 Å². The van der Waals surface area contributed by atoms with Crippen molar-refractivity contribution in [2.75, 3.05) is 5.32 Å². The Morgan fingerprint density at radius 1 is 1.27 bits per heavy atom. The molecule has 2 rings (SSSR count). The van der Waals surface area contributed by atoms with Crippen molar-refractivity contribution in [1.29, 1.82) is 0 Å². The number of anilines is 1. The Labute approximate surface area is 90.7 Å². The van der Waals surface area contributed by atoms with Crippen molar-refractivity contribution in [1.82, 2.24) is 0 Å². The van der Waals surface area contributed by atoms with E-state index < -0.39 is 0 Å². The summed E-state index contributed by atoms with van der Waals surface area (Å²) in [5.74, 6) is 0.935. The van der Waals surface area contributed by atoms with Gasteiger partial charge in [-0.05, 0) is 30.9 Å². The first-order chi connectivity index (χ1) is 7.27. The third-order valence-electron chi connectivity index (χ3n) is 3.24. The van der Waals surface area contributed by atoms with Crippen LogP contribution in [0.4, 0.5) is 5.69 Å². The second-order valence-corrected chi connectivity index (χ2v) is 4.37. The Bertz CT molecular complexity index is 334. The van der Waals surface area contributed by atoms with Gasteiger partial charge in [-0.2, -0.15) is 0 Å². The van der Waals surface area contributed by atoms with E-state index in [1.165, 1.54) is 12.8 Å². The van der Waals surface area contributed by atoms with E-state index in [1.54, 1.807) is 0 Å². The summed E-state index contributed by atoms with van der Waals surface area (Å²) in [6.45, 7) is 2.17. The molecule has 1 N–H and O–H groups in total. The zero-order chi connectivity index (χ0) is 10.7. The summed E-state index contributed by atoms with van der Waals surface area (Å²) in [4.78, 5) is 11.9. The molecule has 0 saturated heterocycles. The maximum Gasteiger partial charge on any atom is 0.227 e. The number of nitrogens with one attached hydrogen (secondary N) is 1. The summed E-state index contributed by atoms with van der Waals surface area (Å²) in [6, 6.07) is 9.68. The quantitative estimate of drug-likeness (QED) is 0.786. The van der Waals surface area contributed by atoms with Gasteiger partial charge in [0.2, 0.25) is 5.91 Å². The zero-order valence-electron chi connectivity index (χ0n) is 9.07. The zero-order valence-corrected chi connectivity index (χ0v) is 9.07. The fourth-order valence-corrected chi connectivity index (χ4v) is 2.29. The van der Waals surface area contributed by atoms with Crippen LogP contribution in [0, 0.1) is 11.8 Å². The predicted octanol–water partition coefficient (Wildman–Crippen LogP) is 3.06. The monoisotopic (exact) mass is 203 g/mol. The lowest BCUT2D eigenvalue weighted by Gasteiger charge is -2.14. The minimum Gasteiger partial charge on any atom is -0.326 e. The average molecular weight is 203 g/mol. The molecule has 1 aromatic carbocycles. The van der Waals surface area contributed by atoms with Crippen molar-refractivity contribution < 1.29 is 4.79 Å². The molecule has 2 heteroatoms. The molecular weight excluding hydrogens is 186 g/mol. The van der Waals surface area contributed by atoms with E-state index in [9.17, 15) is 4.79 Å². The van der Waals surface area contributed by atoms with Gasteiger partial charge in [-0.15, -0.1) is 0 Å². The third kappa shape index (κ3) is 2.38. The van der Waals surface area contributed by atoms with Crippen molar-refractivity contribution in [2.45, 2.75) is 26.2 Å². The Morgan fingerprint density at radius 2 is 2.00 bits per heavy atom. The molecule has 0 radical (unpaired) electrons. The molecule has 80 valence electrons. The fourth-order valence-electron chi connectivity index (χ4n) is 2.29. The molecule has 0 bridgehead atoms. The van der Waals surface area contributed by atoms with Crippen molar-refractivity contribution in [3.63, 3.8) is 0 Å². The first-order valence-corrected chi connectivity index (χ1v) is 5.63. The van der Waals surface area contributed by atoms with Crippen molar-refractivity contribution >= 4 is 11.6 Å². The van der Waals surface area contributed by atoms with Gasteiger partial charge < -0.3 is 5.32 Å². The number of rotatable bonds is 2. The number of amides is 1. The molecule has 2 atom stereocenters. The average Bonchev–Trinajstić information content (AvgIpc) is 2.66. The van der Waals surface area contributed by atoms with Gasteiger partial charge in [0.1, 0.15) is 0 Å². The summed E-state index contributed by atoms with van der Waals surface area (Å²) >= 11 is 0. The van der Waals surface area contributed by atoms with Gasteiger partial charge in [0, 0.05) is 11.6 Å². The van der Waals surface area contributed by atoms with Gasteiger partial charge in [-0.25, -0.2) is 0 Å². The third-order valence-corrected chi connectivity index (χ3v) is 3.24. The van der Waals surface area contributed by atoms with Crippen molar-refractivity contribution in [2.24, 2.45) is 11.8 Å². The Morgan fingerprint density at radius 3 is 2.60 bits per heavy atom. The van der Waals surface area contributed by atoms with Gasteiger partial charge in [0.25, 0.3) is 0 Å². The summed E-state index contributed by atoms with van der Waals surface area (Å²) in [5, 5.41) is 2.98. The highest BCUT2D eigenvalue weighted by Crippen LogP contribution is 2.31. The van der Waals surface area contributed by atoms with Crippen LogP contribution in [0.1, 0.15) is 26.2 Å². The summed E-state index contributed by atoms with van der Waals surface area (Å²) in [5.41, 5.74) is 0.904. The number of carbonyl (C=O) groups excluding carboxylic acids is 1. The van der Waals surface area contributed by atoms with E-state index in [2.05, 4.69) is 12.2 Å². The Hall–Kier alpha value is -1.31. The summed E-state index contributed by atoms with van der Waals surface area (Å²) in [6.07, 6.45) is 3.42. The van der Waals surface area contributed by atoms with Crippen molar-refractivity contribution in [3.05, 3.63) is 30.3 Å². The fraction of sp³-hybridized carbons (Fsp3) is 0.462. The van der Waals surface area contributed by atoms with Crippen LogP contribution < -0.4 is 5.32 Å². The van der Waals surface area contributed by atoms with Gasteiger partial charge in [-0.1, -0.05) is 31.5 Å². The maximum atomic E-state index is 11.9. The van der Waals surface area contributed by atoms with E-state index in [4.69, 9.17) is 0 Å². The van der Waals surface area contributed by atoms with Gasteiger partial charge in [0.15, 0.2) is 0 Å². The molecule has 1 fully saturated rings. The molecule has 0 heterocycles.